The van der Waals surface area contributed by atoms with E-state index in [1.807, 2.05) is 0 Å². The van der Waals surface area contributed by atoms with Gasteiger partial charge in [-0.15, -0.1) is 0 Å². The van der Waals surface area contributed by atoms with E-state index >= 15 is 0 Å². The fourth-order valence-electron chi connectivity index (χ4n) is 1.24. The molecule has 0 aromatic rings. The number of cyclic esters (lactones) is 1. The highest BCUT2D eigenvalue weighted by Gasteiger charge is 2.22. The molecule has 1 unspecified atom stereocenters. The van der Waals surface area contributed by atoms with Gasteiger partial charge in [-0.2, -0.15) is 0 Å². The van der Waals surface area contributed by atoms with Crippen LogP contribution in [0.1, 0.15) is 32.6 Å². The number of rotatable bonds is 3. The zero-order valence-electron chi connectivity index (χ0n) is 6.43. The first-order valence-corrected chi connectivity index (χ1v) is 3.98. The summed E-state index contributed by atoms with van der Waals surface area (Å²) in [6, 6.07) is 0. The van der Waals surface area contributed by atoms with Crippen molar-refractivity contribution in [3.8, 4) is 0 Å². The first kappa shape index (κ1) is 7.58. The van der Waals surface area contributed by atoms with Gasteiger partial charge in [-0.05, 0) is 6.42 Å². The average molecular weight is 142 g/mol. The summed E-state index contributed by atoms with van der Waals surface area (Å²) >= 11 is 0. The van der Waals surface area contributed by atoms with Gasteiger partial charge < -0.3 is 4.74 Å². The lowest BCUT2D eigenvalue weighted by Gasteiger charge is -2.01. The molecule has 0 aromatic carbocycles. The van der Waals surface area contributed by atoms with Crippen molar-refractivity contribution in [2.24, 2.45) is 5.92 Å². The lowest BCUT2D eigenvalue weighted by atomic mass is 10.0. The van der Waals surface area contributed by atoms with Crippen molar-refractivity contribution in [3.63, 3.8) is 0 Å². The minimum atomic E-state index is -0.0129. The number of hydrogen-bond donors (Lipinski definition) is 0. The Balaban J connectivity index is 2.12. The average Bonchev–Trinajstić information content (AvgIpc) is 2.31. The van der Waals surface area contributed by atoms with E-state index in [1.165, 1.54) is 12.8 Å². The molecule has 1 atom stereocenters. The Morgan fingerprint density at radius 2 is 2.50 bits per heavy atom. The van der Waals surface area contributed by atoms with E-state index in [-0.39, 0.29) is 5.97 Å². The van der Waals surface area contributed by atoms with E-state index in [1.54, 1.807) is 0 Å². The molecule has 2 heteroatoms. The minimum Gasteiger partial charge on any atom is -0.465 e. The third-order valence-corrected chi connectivity index (χ3v) is 1.90. The van der Waals surface area contributed by atoms with Crippen molar-refractivity contribution in [3.05, 3.63) is 0 Å². The highest BCUT2D eigenvalue weighted by Crippen LogP contribution is 2.19. The van der Waals surface area contributed by atoms with Gasteiger partial charge in [0.25, 0.3) is 0 Å². The largest absolute Gasteiger partial charge is 0.465 e. The zero-order valence-corrected chi connectivity index (χ0v) is 6.43. The molecular weight excluding hydrogens is 128 g/mol. The molecule has 1 rings (SSSR count). The van der Waals surface area contributed by atoms with Gasteiger partial charge >= 0.3 is 5.97 Å². The predicted molar refractivity (Wildman–Crippen MR) is 38.6 cm³/mol. The van der Waals surface area contributed by atoms with E-state index < -0.39 is 0 Å². The van der Waals surface area contributed by atoms with Gasteiger partial charge in [-0.1, -0.05) is 19.8 Å². The van der Waals surface area contributed by atoms with Gasteiger partial charge in [0.2, 0.25) is 0 Å². The van der Waals surface area contributed by atoms with Gasteiger partial charge in [0.1, 0.15) is 0 Å². The third kappa shape index (κ3) is 2.01. The van der Waals surface area contributed by atoms with Gasteiger partial charge in [0.15, 0.2) is 0 Å². The highest BCUT2D eigenvalue weighted by atomic mass is 16.5. The molecule has 1 aliphatic heterocycles. The number of ether oxygens (including phenoxy) is 1. The molecule has 0 saturated carbocycles. The van der Waals surface area contributed by atoms with Crippen LogP contribution in [-0.2, 0) is 9.53 Å². The number of carbonyl (C=O) groups excluding carboxylic acids is 1. The van der Waals surface area contributed by atoms with E-state index in [9.17, 15) is 4.79 Å². The fourth-order valence-corrected chi connectivity index (χ4v) is 1.24. The second-order valence-corrected chi connectivity index (χ2v) is 2.90. The fraction of sp³-hybridized carbons (Fsp3) is 0.875. The maximum atomic E-state index is 10.6. The van der Waals surface area contributed by atoms with Crippen LogP contribution in [0, 0.1) is 5.92 Å². The van der Waals surface area contributed by atoms with E-state index in [0.29, 0.717) is 18.9 Å². The van der Waals surface area contributed by atoms with E-state index in [2.05, 4.69) is 6.92 Å². The molecule has 0 N–H and O–H groups in total. The van der Waals surface area contributed by atoms with Gasteiger partial charge in [-0.3, -0.25) is 4.79 Å². The number of carbonyl (C=O) groups is 1. The van der Waals surface area contributed by atoms with Crippen molar-refractivity contribution >= 4 is 5.97 Å². The van der Waals surface area contributed by atoms with E-state index in [4.69, 9.17) is 4.74 Å². The monoisotopic (exact) mass is 142 g/mol. The number of esters is 1. The molecule has 1 saturated heterocycles. The van der Waals surface area contributed by atoms with Crippen LogP contribution >= 0.6 is 0 Å². The van der Waals surface area contributed by atoms with Crippen LogP contribution in [0.5, 0.6) is 0 Å². The topological polar surface area (TPSA) is 26.3 Å². The van der Waals surface area contributed by atoms with Gasteiger partial charge in [-0.25, -0.2) is 0 Å². The predicted octanol–water partition coefficient (Wildman–Crippen LogP) is 1.74. The minimum absolute atomic E-state index is 0.0129. The summed E-state index contributed by atoms with van der Waals surface area (Å²) in [4.78, 5) is 10.6. The lowest BCUT2D eigenvalue weighted by Crippen LogP contribution is -1.97. The molecule has 0 amide bonds. The van der Waals surface area contributed by atoms with Crippen LogP contribution < -0.4 is 0 Å². The molecule has 1 aliphatic rings. The van der Waals surface area contributed by atoms with Gasteiger partial charge in [0.05, 0.1) is 13.0 Å². The quantitative estimate of drug-likeness (QED) is 0.561. The summed E-state index contributed by atoms with van der Waals surface area (Å²) in [5.74, 6) is 0.508. The summed E-state index contributed by atoms with van der Waals surface area (Å²) in [6.45, 7) is 2.83. The molecule has 0 aromatic heterocycles. The molecule has 0 spiro atoms. The van der Waals surface area contributed by atoms with Crippen molar-refractivity contribution in [2.75, 3.05) is 6.61 Å². The van der Waals surface area contributed by atoms with Crippen molar-refractivity contribution in [2.45, 2.75) is 32.6 Å². The summed E-state index contributed by atoms with van der Waals surface area (Å²) in [6.07, 6.45) is 4.24. The SMILES string of the molecule is CCCCC1COC(=O)C1. The lowest BCUT2D eigenvalue weighted by molar-refractivity contribution is -0.137. The third-order valence-electron chi connectivity index (χ3n) is 1.90. The van der Waals surface area contributed by atoms with Crippen molar-refractivity contribution < 1.29 is 9.53 Å². The summed E-state index contributed by atoms with van der Waals surface area (Å²) in [5.41, 5.74) is 0. The van der Waals surface area contributed by atoms with Gasteiger partial charge in [0, 0.05) is 5.92 Å². The highest BCUT2D eigenvalue weighted by molar-refractivity contribution is 5.71. The van der Waals surface area contributed by atoms with Crippen LogP contribution in [0.2, 0.25) is 0 Å². The smallest absolute Gasteiger partial charge is 0.306 e. The molecule has 0 aliphatic carbocycles. The molecule has 0 bridgehead atoms. The van der Waals surface area contributed by atoms with E-state index in [0.717, 1.165) is 6.42 Å². The van der Waals surface area contributed by atoms with Crippen LogP contribution in [0.3, 0.4) is 0 Å². The number of hydrogen-bond acceptors (Lipinski definition) is 2. The Labute approximate surface area is 61.6 Å². The zero-order chi connectivity index (χ0) is 7.40. The van der Waals surface area contributed by atoms with Crippen LogP contribution in [0.25, 0.3) is 0 Å². The maximum absolute atomic E-state index is 10.6. The Kier molecular flexibility index (Phi) is 2.72. The number of unbranched alkanes of at least 4 members (excludes halogenated alkanes) is 1. The standard InChI is InChI=1S/C8H14O2/c1-2-3-4-7-5-8(9)10-6-7/h7H,2-6H2,1H3. The Morgan fingerprint density at radius 3 is 3.00 bits per heavy atom. The molecule has 10 heavy (non-hydrogen) atoms. The Bertz CT molecular complexity index is 120. The van der Waals surface area contributed by atoms with Crippen molar-refractivity contribution in [1.82, 2.24) is 0 Å². The molecule has 1 heterocycles. The Hall–Kier alpha value is -0.530. The maximum Gasteiger partial charge on any atom is 0.306 e. The van der Waals surface area contributed by atoms with Crippen molar-refractivity contribution in [1.29, 1.82) is 0 Å². The first-order valence-electron chi connectivity index (χ1n) is 3.98. The normalized spacial score (nSPS) is 24.9. The summed E-state index contributed by atoms with van der Waals surface area (Å²) in [7, 11) is 0. The Morgan fingerprint density at radius 1 is 1.70 bits per heavy atom. The van der Waals surface area contributed by atoms with Crippen LogP contribution in [-0.4, -0.2) is 12.6 Å². The summed E-state index contributed by atoms with van der Waals surface area (Å²) < 4.78 is 4.82. The molecule has 0 radical (unpaired) electrons. The second kappa shape index (κ2) is 3.59. The van der Waals surface area contributed by atoms with Crippen LogP contribution in [0.15, 0.2) is 0 Å². The molecule has 58 valence electrons. The second-order valence-electron chi connectivity index (χ2n) is 2.90. The molecule has 2 nitrogen and oxygen atoms in total. The van der Waals surface area contributed by atoms with Crippen LogP contribution in [0.4, 0.5) is 0 Å². The summed E-state index contributed by atoms with van der Waals surface area (Å²) in [5, 5.41) is 0. The first-order chi connectivity index (χ1) is 4.83. The molecule has 1 fully saturated rings. The molecular formula is C8H14O2.